The Balaban J connectivity index is 3.16. The molecule has 0 amide bonds. The van der Waals surface area contributed by atoms with Crippen molar-refractivity contribution in [3.63, 3.8) is 0 Å². The van der Waals surface area contributed by atoms with Gasteiger partial charge in [-0.25, -0.2) is 0 Å². The summed E-state index contributed by atoms with van der Waals surface area (Å²) in [5.74, 6) is -0.484. The molecule has 0 rings (SSSR count). The molecule has 0 heterocycles. The van der Waals surface area contributed by atoms with Crippen LogP contribution in [0.25, 0.3) is 0 Å². The Morgan fingerprint density at radius 1 is 0.654 bits per heavy atom. The summed E-state index contributed by atoms with van der Waals surface area (Å²) in [6.07, 6.45) is 12.5. The molecule has 26 heavy (non-hydrogen) atoms. The van der Waals surface area contributed by atoms with Crippen molar-refractivity contribution in [2.24, 2.45) is 0 Å². The number of rotatable bonds is 19. The molecule has 0 aromatic heterocycles. The van der Waals surface area contributed by atoms with Crippen LogP contribution >= 0.6 is 0 Å². The monoisotopic (exact) mass is 374 g/mol. The van der Waals surface area contributed by atoms with E-state index in [1.165, 1.54) is 45.6 Å². The van der Waals surface area contributed by atoms with Gasteiger partial charge in [0.25, 0.3) is 0 Å². The molecule has 6 heteroatoms. The number of carbonyl (C=O) groups excluding carboxylic acids is 2. The molecule has 0 aromatic rings. The summed E-state index contributed by atoms with van der Waals surface area (Å²) < 4.78 is 15.1. The van der Waals surface area contributed by atoms with Gasteiger partial charge in [-0.3, -0.25) is 9.59 Å². The summed E-state index contributed by atoms with van der Waals surface area (Å²) in [7, 11) is 1.36. The second-order valence-corrected chi connectivity index (χ2v) is 6.52. The van der Waals surface area contributed by atoms with Gasteiger partial charge in [0.15, 0.2) is 0 Å². The van der Waals surface area contributed by atoms with Crippen LogP contribution in [0.5, 0.6) is 0 Å². The topological polar surface area (TPSA) is 82.1 Å². The molecule has 154 valence electrons. The highest BCUT2D eigenvalue weighted by Gasteiger charge is 2.05. The maximum atomic E-state index is 11.5. The maximum absolute atomic E-state index is 11.5. The zero-order chi connectivity index (χ0) is 19.3. The van der Waals surface area contributed by atoms with Gasteiger partial charge in [-0.05, 0) is 25.7 Å². The van der Waals surface area contributed by atoms with Gasteiger partial charge in [-0.1, -0.05) is 44.9 Å². The van der Waals surface area contributed by atoms with E-state index < -0.39 is 0 Å². The fraction of sp³-hybridized carbons (Fsp3) is 0.900. The van der Waals surface area contributed by atoms with E-state index in [2.05, 4.69) is 4.74 Å². The molecule has 0 unspecified atom stereocenters. The molecule has 0 aliphatic heterocycles. The number of aliphatic hydroxyl groups is 1. The lowest BCUT2D eigenvalue weighted by molar-refractivity contribution is -0.146. The first-order valence-corrected chi connectivity index (χ1v) is 10.1. The van der Waals surface area contributed by atoms with Crippen molar-refractivity contribution in [2.45, 2.75) is 83.5 Å². The van der Waals surface area contributed by atoms with Crippen LogP contribution < -0.4 is 0 Å². The molecular weight excluding hydrogens is 336 g/mol. The third-order valence-corrected chi connectivity index (χ3v) is 4.18. The second kappa shape index (κ2) is 20.2. The van der Waals surface area contributed by atoms with Crippen LogP contribution in [0.15, 0.2) is 0 Å². The summed E-state index contributed by atoms with van der Waals surface area (Å²) in [5, 5.41) is 8.69. The maximum Gasteiger partial charge on any atom is 0.305 e. The Kier molecular flexibility index (Phi) is 19.3. The van der Waals surface area contributed by atoms with E-state index in [1.54, 1.807) is 0 Å². The van der Waals surface area contributed by atoms with Crippen LogP contribution in [0.4, 0.5) is 0 Å². The molecule has 0 saturated carbocycles. The number of hydrogen-bond acceptors (Lipinski definition) is 6. The first kappa shape index (κ1) is 24.9. The zero-order valence-electron chi connectivity index (χ0n) is 16.5. The van der Waals surface area contributed by atoms with Gasteiger partial charge >= 0.3 is 11.9 Å². The van der Waals surface area contributed by atoms with Gasteiger partial charge < -0.3 is 19.3 Å². The van der Waals surface area contributed by atoms with Crippen molar-refractivity contribution in [1.82, 2.24) is 0 Å². The average Bonchev–Trinajstić information content (AvgIpc) is 2.65. The van der Waals surface area contributed by atoms with Gasteiger partial charge in [0.1, 0.15) is 6.61 Å². The van der Waals surface area contributed by atoms with Crippen molar-refractivity contribution >= 4 is 11.9 Å². The van der Waals surface area contributed by atoms with Crippen molar-refractivity contribution in [1.29, 1.82) is 0 Å². The predicted molar refractivity (Wildman–Crippen MR) is 101 cm³/mol. The summed E-state index contributed by atoms with van der Waals surface area (Å²) in [6, 6.07) is 0. The standard InChI is InChI=1S/C20H38O6/c1-24-19(22)13-9-10-14-20(23)26-18-17-25-16-12-8-6-4-2-3-5-7-11-15-21/h21H,2-18H2,1H3. The smallest absolute Gasteiger partial charge is 0.305 e. The Labute approximate surface area is 158 Å². The minimum atomic E-state index is -0.246. The molecule has 0 spiro atoms. The lowest BCUT2D eigenvalue weighted by atomic mass is 10.1. The summed E-state index contributed by atoms with van der Waals surface area (Å²) >= 11 is 0. The predicted octanol–water partition coefficient (Wildman–Crippen LogP) is 3.78. The van der Waals surface area contributed by atoms with Gasteiger partial charge in [0.05, 0.1) is 13.7 Å². The SMILES string of the molecule is COC(=O)CCCCC(=O)OCCOCCCCCCCCCCCO. The molecule has 0 aromatic carbocycles. The Morgan fingerprint density at radius 2 is 1.19 bits per heavy atom. The molecule has 0 atom stereocenters. The molecule has 0 aliphatic carbocycles. The van der Waals surface area contributed by atoms with Gasteiger partial charge in [-0.2, -0.15) is 0 Å². The van der Waals surface area contributed by atoms with Crippen molar-refractivity contribution in [3.05, 3.63) is 0 Å². The highest BCUT2D eigenvalue weighted by atomic mass is 16.6. The van der Waals surface area contributed by atoms with Crippen LogP contribution in [-0.4, -0.2) is 50.6 Å². The fourth-order valence-corrected chi connectivity index (χ4v) is 2.58. The summed E-state index contributed by atoms with van der Waals surface area (Å²) in [6.45, 7) is 1.77. The summed E-state index contributed by atoms with van der Waals surface area (Å²) in [5.41, 5.74) is 0. The molecule has 1 N–H and O–H groups in total. The van der Waals surface area contributed by atoms with Crippen molar-refractivity contribution < 1.29 is 28.9 Å². The second-order valence-electron chi connectivity index (χ2n) is 6.52. The van der Waals surface area contributed by atoms with Crippen LogP contribution in [0, 0.1) is 0 Å². The quantitative estimate of drug-likeness (QED) is 0.274. The minimum absolute atomic E-state index is 0.238. The van der Waals surface area contributed by atoms with Crippen molar-refractivity contribution in [2.75, 3.05) is 33.5 Å². The number of esters is 2. The van der Waals surface area contributed by atoms with Crippen LogP contribution in [0.3, 0.4) is 0 Å². The first-order valence-electron chi connectivity index (χ1n) is 10.1. The molecule has 0 bridgehead atoms. The normalized spacial score (nSPS) is 10.7. The number of aliphatic hydroxyl groups excluding tert-OH is 1. The summed E-state index contributed by atoms with van der Waals surface area (Å²) in [4.78, 5) is 22.4. The third-order valence-electron chi connectivity index (χ3n) is 4.18. The van der Waals surface area contributed by atoms with E-state index in [0.29, 0.717) is 52.1 Å². The Bertz CT molecular complexity index is 332. The average molecular weight is 375 g/mol. The van der Waals surface area contributed by atoms with E-state index in [-0.39, 0.29) is 11.9 Å². The van der Waals surface area contributed by atoms with Crippen LogP contribution in [0.1, 0.15) is 83.5 Å². The largest absolute Gasteiger partial charge is 0.469 e. The molecule has 0 radical (unpaired) electrons. The minimum Gasteiger partial charge on any atom is -0.469 e. The van der Waals surface area contributed by atoms with Gasteiger partial charge in [0.2, 0.25) is 0 Å². The first-order chi connectivity index (χ1) is 12.7. The van der Waals surface area contributed by atoms with Crippen molar-refractivity contribution in [3.8, 4) is 0 Å². The van der Waals surface area contributed by atoms with Crippen LogP contribution in [-0.2, 0) is 23.8 Å². The van der Waals surface area contributed by atoms with E-state index in [0.717, 1.165) is 19.3 Å². The van der Waals surface area contributed by atoms with Gasteiger partial charge in [0, 0.05) is 26.1 Å². The van der Waals surface area contributed by atoms with Crippen LogP contribution in [0.2, 0.25) is 0 Å². The molecule has 6 nitrogen and oxygen atoms in total. The number of methoxy groups -OCH3 is 1. The lowest BCUT2D eigenvalue weighted by Gasteiger charge is -2.06. The number of carbonyl (C=O) groups is 2. The highest BCUT2D eigenvalue weighted by molar-refractivity contribution is 5.70. The van der Waals surface area contributed by atoms with E-state index >= 15 is 0 Å². The Morgan fingerprint density at radius 3 is 1.77 bits per heavy atom. The third kappa shape index (κ3) is 19.2. The zero-order valence-corrected chi connectivity index (χ0v) is 16.5. The molecular formula is C20H38O6. The molecule has 0 saturated heterocycles. The number of ether oxygens (including phenoxy) is 3. The van der Waals surface area contributed by atoms with E-state index in [1.807, 2.05) is 0 Å². The number of hydrogen-bond donors (Lipinski definition) is 1. The van der Waals surface area contributed by atoms with E-state index in [4.69, 9.17) is 14.6 Å². The molecule has 0 fully saturated rings. The highest BCUT2D eigenvalue weighted by Crippen LogP contribution is 2.09. The van der Waals surface area contributed by atoms with Gasteiger partial charge in [-0.15, -0.1) is 0 Å². The fourth-order valence-electron chi connectivity index (χ4n) is 2.58. The molecule has 0 aliphatic rings. The van der Waals surface area contributed by atoms with E-state index in [9.17, 15) is 9.59 Å². The Hall–Kier alpha value is -1.14. The lowest BCUT2D eigenvalue weighted by Crippen LogP contribution is -2.11. The number of unbranched alkanes of at least 4 members (excludes halogenated alkanes) is 9.